The first kappa shape index (κ1) is 34.4. The number of hydrogen-bond acceptors (Lipinski definition) is 10. The summed E-state index contributed by atoms with van der Waals surface area (Å²) in [5.74, 6) is -0.723. The van der Waals surface area contributed by atoms with E-state index in [9.17, 15) is 14.4 Å². The number of para-hydroxylation sites is 2. The van der Waals surface area contributed by atoms with Crippen LogP contribution in [0.2, 0.25) is 0 Å². The smallest absolute Gasteiger partial charge is 0.349 e. The molecule has 0 unspecified atom stereocenters. The van der Waals surface area contributed by atoms with Gasteiger partial charge >= 0.3 is 5.63 Å². The number of ether oxygens (including phenoxy) is 1. The first-order valence-corrected chi connectivity index (χ1v) is 17.6. The van der Waals surface area contributed by atoms with Crippen molar-refractivity contribution in [2.75, 3.05) is 67.3 Å². The van der Waals surface area contributed by atoms with Gasteiger partial charge in [-0.05, 0) is 104 Å². The molecule has 0 radical (unpaired) electrons. The van der Waals surface area contributed by atoms with E-state index in [4.69, 9.17) is 14.9 Å². The van der Waals surface area contributed by atoms with Gasteiger partial charge < -0.3 is 35.3 Å². The number of nitrogen functional groups attached to an aromatic ring is 1. The van der Waals surface area contributed by atoms with E-state index in [2.05, 4.69) is 36.7 Å². The maximum Gasteiger partial charge on any atom is 0.349 e. The zero-order valence-corrected chi connectivity index (χ0v) is 29.1. The van der Waals surface area contributed by atoms with Crippen LogP contribution in [0.15, 0.2) is 104 Å². The molecule has 12 nitrogen and oxygen atoms in total. The monoisotopic (exact) mass is 699 g/mol. The molecular formula is C40H41N7O5. The van der Waals surface area contributed by atoms with Crippen molar-refractivity contribution in [1.29, 1.82) is 0 Å². The Kier molecular flexibility index (Phi) is 10.3. The average Bonchev–Trinajstić information content (AvgIpc) is 3.16. The lowest BCUT2D eigenvalue weighted by molar-refractivity contribution is 0.0915. The molecule has 4 aromatic carbocycles. The van der Waals surface area contributed by atoms with E-state index in [1.807, 2.05) is 43.4 Å². The molecule has 5 aromatic rings. The molecule has 0 fully saturated rings. The van der Waals surface area contributed by atoms with Crippen molar-refractivity contribution in [2.24, 2.45) is 10.2 Å². The van der Waals surface area contributed by atoms with Crippen LogP contribution >= 0.6 is 0 Å². The largest absolute Gasteiger partial charge is 0.422 e. The lowest BCUT2D eigenvalue weighted by Crippen LogP contribution is -2.35. The molecule has 2 aliphatic rings. The highest BCUT2D eigenvalue weighted by Gasteiger charge is 2.27. The third kappa shape index (κ3) is 7.66. The Hall–Kier alpha value is -6.01. The topological polar surface area (TPSA) is 155 Å². The number of rotatable bonds is 12. The number of carbonyl (C=O) groups excluding carboxylic acids is 2. The minimum absolute atomic E-state index is 0.0126. The second kappa shape index (κ2) is 15.5. The van der Waals surface area contributed by atoms with E-state index in [-0.39, 0.29) is 18.0 Å². The molecule has 0 atom stereocenters. The number of amides is 2. The summed E-state index contributed by atoms with van der Waals surface area (Å²) in [6, 6.07) is 25.3. The van der Waals surface area contributed by atoms with Gasteiger partial charge in [0.05, 0.1) is 36.0 Å². The van der Waals surface area contributed by atoms with Crippen molar-refractivity contribution in [1.82, 2.24) is 5.32 Å². The molecule has 12 heteroatoms. The Balaban J connectivity index is 0.845. The molecule has 0 spiro atoms. The van der Waals surface area contributed by atoms with Gasteiger partial charge in [0.1, 0.15) is 11.1 Å². The minimum Gasteiger partial charge on any atom is -0.422 e. The maximum atomic E-state index is 12.9. The number of fused-ring (bicyclic) bond motifs is 2. The standard InChI is InChI=1S/C40H41N7O5/c1-46(31-16-14-30(15-17-31)45-44-29-12-10-26(11-13-29)38(48)43-35-9-3-2-8-34(35)41)21-23-51-22-18-42-39(49)33-25-28-24-27-6-4-19-47-20-5-7-32(36(27)47)37(28)52-40(33)50/h2-3,8-17,24-25H,4-7,18-23,41H2,1H3,(H,42,49)(H,43,48). The molecule has 3 heterocycles. The SMILES string of the molecule is CN(CCOCCNC(=O)c1cc2cc3c4c(c2oc1=O)CCCN4CCC3)c1ccc(N=Nc2ccc(C(=O)Nc3ccccc3N)cc2)cc1. The highest BCUT2D eigenvalue weighted by molar-refractivity contribution is 6.05. The molecule has 266 valence electrons. The Morgan fingerprint density at radius 1 is 0.904 bits per heavy atom. The summed E-state index contributed by atoms with van der Waals surface area (Å²) in [7, 11) is 1.97. The van der Waals surface area contributed by atoms with Gasteiger partial charge in [0.15, 0.2) is 0 Å². The number of benzene rings is 4. The summed E-state index contributed by atoms with van der Waals surface area (Å²) in [4.78, 5) is 42.8. The maximum absolute atomic E-state index is 12.9. The van der Waals surface area contributed by atoms with Crippen LogP contribution in [-0.4, -0.2) is 58.3 Å². The Labute approximate surface area is 301 Å². The molecule has 0 aliphatic carbocycles. The Morgan fingerprint density at radius 3 is 2.37 bits per heavy atom. The number of aryl methyl sites for hydroxylation is 2. The van der Waals surface area contributed by atoms with Crippen molar-refractivity contribution >= 4 is 56.9 Å². The molecule has 52 heavy (non-hydrogen) atoms. The normalized spacial score (nSPS) is 13.6. The van der Waals surface area contributed by atoms with Crippen molar-refractivity contribution < 1.29 is 18.7 Å². The fourth-order valence-corrected chi connectivity index (χ4v) is 6.74. The summed E-state index contributed by atoms with van der Waals surface area (Å²) >= 11 is 0. The van der Waals surface area contributed by atoms with Crippen LogP contribution < -0.4 is 31.8 Å². The highest BCUT2D eigenvalue weighted by atomic mass is 16.5. The van der Waals surface area contributed by atoms with Crippen molar-refractivity contribution in [3.05, 3.63) is 118 Å². The first-order valence-electron chi connectivity index (χ1n) is 17.6. The molecule has 2 aliphatic heterocycles. The van der Waals surface area contributed by atoms with Crippen molar-refractivity contribution in [2.45, 2.75) is 25.7 Å². The number of nitrogens with one attached hydrogen (secondary N) is 2. The summed E-state index contributed by atoms with van der Waals surface area (Å²) in [5.41, 5.74) is 13.3. The third-order valence-electron chi connectivity index (χ3n) is 9.47. The van der Waals surface area contributed by atoms with Crippen LogP contribution in [0.5, 0.6) is 0 Å². The molecule has 0 saturated carbocycles. The van der Waals surface area contributed by atoms with Gasteiger partial charge in [-0.15, -0.1) is 0 Å². The van der Waals surface area contributed by atoms with E-state index in [1.54, 1.807) is 42.5 Å². The summed E-state index contributed by atoms with van der Waals surface area (Å²) in [6.45, 7) is 3.71. The van der Waals surface area contributed by atoms with Crippen LogP contribution in [0.25, 0.3) is 11.0 Å². The summed E-state index contributed by atoms with van der Waals surface area (Å²) in [6.07, 6.45) is 4.00. The molecule has 7 rings (SSSR count). The van der Waals surface area contributed by atoms with Crippen LogP contribution in [-0.2, 0) is 17.6 Å². The number of nitrogens with two attached hydrogens (primary N) is 1. The van der Waals surface area contributed by atoms with E-state index < -0.39 is 11.5 Å². The molecule has 1 aromatic heterocycles. The van der Waals surface area contributed by atoms with Crippen LogP contribution in [0, 0.1) is 0 Å². The van der Waals surface area contributed by atoms with Gasteiger partial charge in [-0.3, -0.25) is 9.59 Å². The van der Waals surface area contributed by atoms with E-state index in [0.29, 0.717) is 53.7 Å². The lowest BCUT2D eigenvalue weighted by atomic mass is 9.90. The van der Waals surface area contributed by atoms with Gasteiger partial charge in [0.2, 0.25) is 0 Å². The van der Waals surface area contributed by atoms with E-state index in [1.165, 1.54) is 11.3 Å². The number of likely N-dealkylation sites (N-methyl/N-ethyl adjacent to an activating group) is 1. The van der Waals surface area contributed by atoms with Gasteiger partial charge in [0.25, 0.3) is 11.8 Å². The van der Waals surface area contributed by atoms with Crippen molar-refractivity contribution in [3.63, 3.8) is 0 Å². The lowest BCUT2D eigenvalue weighted by Gasteiger charge is -2.37. The second-order valence-electron chi connectivity index (χ2n) is 13.0. The Morgan fingerprint density at radius 2 is 1.62 bits per heavy atom. The molecule has 2 amide bonds. The number of carbonyl (C=O) groups is 2. The highest BCUT2D eigenvalue weighted by Crippen LogP contribution is 2.39. The fraction of sp³-hybridized carbons (Fsp3) is 0.275. The fourth-order valence-electron chi connectivity index (χ4n) is 6.74. The van der Waals surface area contributed by atoms with E-state index in [0.717, 1.165) is 55.4 Å². The Bertz CT molecular complexity index is 2180. The van der Waals surface area contributed by atoms with Gasteiger partial charge in [-0.1, -0.05) is 12.1 Å². The van der Waals surface area contributed by atoms with Gasteiger partial charge in [0, 0.05) is 61.1 Å². The number of anilines is 4. The zero-order chi connectivity index (χ0) is 36.0. The van der Waals surface area contributed by atoms with Crippen LogP contribution in [0.3, 0.4) is 0 Å². The molecule has 0 saturated heterocycles. The van der Waals surface area contributed by atoms with Crippen LogP contribution in [0.4, 0.5) is 34.1 Å². The number of nitrogens with zero attached hydrogens (tertiary/aromatic N) is 4. The zero-order valence-electron chi connectivity index (χ0n) is 29.1. The summed E-state index contributed by atoms with van der Waals surface area (Å²) < 4.78 is 11.5. The number of azo groups is 1. The average molecular weight is 700 g/mol. The minimum atomic E-state index is -0.616. The van der Waals surface area contributed by atoms with Gasteiger partial charge in [-0.2, -0.15) is 10.2 Å². The van der Waals surface area contributed by atoms with Gasteiger partial charge in [-0.25, -0.2) is 4.79 Å². The van der Waals surface area contributed by atoms with Crippen molar-refractivity contribution in [3.8, 4) is 0 Å². The second-order valence-corrected chi connectivity index (χ2v) is 13.0. The molecular weight excluding hydrogens is 658 g/mol. The van der Waals surface area contributed by atoms with Crippen LogP contribution in [0.1, 0.15) is 44.7 Å². The predicted molar refractivity (Wildman–Crippen MR) is 204 cm³/mol. The van der Waals surface area contributed by atoms with E-state index >= 15 is 0 Å². The first-order chi connectivity index (χ1) is 25.3. The summed E-state index contributed by atoms with van der Waals surface area (Å²) in [5, 5.41) is 15.0. The third-order valence-corrected chi connectivity index (χ3v) is 9.47. The predicted octanol–water partition coefficient (Wildman–Crippen LogP) is 6.62. The quantitative estimate of drug-likeness (QED) is 0.0568. The number of hydrogen-bond donors (Lipinski definition) is 3. The molecule has 0 bridgehead atoms. The molecule has 4 N–H and O–H groups in total.